The zero-order valence-corrected chi connectivity index (χ0v) is 16.1. The van der Waals surface area contributed by atoms with Crippen LogP contribution in [0.15, 0.2) is 42.6 Å². The second-order valence-electron chi connectivity index (χ2n) is 7.33. The number of anilines is 1. The predicted molar refractivity (Wildman–Crippen MR) is 112 cm³/mol. The van der Waals surface area contributed by atoms with Crippen LogP contribution in [0.2, 0.25) is 0 Å². The van der Waals surface area contributed by atoms with Crippen molar-refractivity contribution in [3.05, 3.63) is 59.4 Å². The molecule has 1 aliphatic carbocycles. The maximum Gasteiger partial charge on any atom is 0.139 e. The van der Waals surface area contributed by atoms with Crippen molar-refractivity contribution in [2.24, 2.45) is 0 Å². The molecule has 2 aromatic heterocycles. The summed E-state index contributed by atoms with van der Waals surface area (Å²) in [6, 6.07) is 12.8. The van der Waals surface area contributed by atoms with Crippen molar-refractivity contribution in [2.45, 2.75) is 45.1 Å². The number of para-hydroxylation sites is 1. The molecule has 3 aromatic rings. The van der Waals surface area contributed by atoms with E-state index in [0.29, 0.717) is 6.04 Å². The predicted octanol–water partition coefficient (Wildman–Crippen LogP) is 5.57. The topological polar surface area (TPSA) is 38.6 Å². The monoisotopic (exact) mass is 361 g/mol. The van der Waals surface area contributed by atoms with Crippen molar-refractivity contribution in [2.75, 3.05) is 12.4 Å². The number of hydrogen-bond acceptors (Lipinski definition) is 3. The first kappa shape index (κ1) is 17.7. The van der Waals surface area contributed by atoms with Crippen molar-refractivity contribution >= 4 is 23.6 Å². The Kier molecular flexibility index (Phi) is 5.14. The van der Waals surface area contributed by atoms with Gasteiger partial charge < -0.3 is 10.1 Å². The number of aryl methyl sites for hydroxylation is 1. The van der Waals surface area contributed by atoms with E-state index in [9.17, 15) is 0 Å². The first-order valence-corrected chi connectivity index (χ1v) is 9.81. The van der Waals surface area contributed by atoms with E-state index in [2.05, 4.69) is 53.2 Å². The lowest BCUT2D eigenvalue weighted by molar-refractivity contribution is 0.414. The molecule has 1 aromatic carbocycles. The van der Waals surface area contributed by atoms with E-state index in [1.54, 1.807) is 7.11 Å². The van der Waals surface area contributed by atoms with Crippen molar-refractivity contribution in [1.29, 1.82) is 0 Å². The summed E-state index contributed by atoms with van der Waals surface area (Å²) < 4.78 is 7.64. The van der Waals surface area contributed by atoms with Crippen LogP contribution < -0.4 is 10.1 Å². The van der Waals surface area contributed by atoms with E-state index in [-0.39, 0.29) is 0 Å². The first-order chi connectivity index (χ1) is 13.2. The van der Waals surface area contributed by atoms with Gasteiger partial charge in [-0.2, -0.15) is 0 Å². The highest BCUT2D eigenvalue weighted by atomic mass is 16.5. The minimum Gasteiger partial charge on any atom is -0.496 e. The molecule has 4 nitrogen and oxygen atoms in total. The van der Waals surface area contributed by atoms with Crippen LogP contribution in [0.3, 0.4) is 0 Å². The summed E-state index contributed by atoms with van der Waals surface area (Å²) in [5, 5.41) is 3.77. The minimum atomic E-state index is 0.526. The molecule has 4 rings (SSSR count). The van der Waals surface area contributed by atoms with Crippen LogP contribution in [0.5, 0.6) is 5.75 Å². The van der Waals surface area contributed by atoms with Gasteiger partial charge >= 0.3 is 0 Å². The summed E-state index contributed by atoms with van der Waals surface area (Å²) in [7, 11) is 1.70. The summed E-state index contributed by atoms with van der Waals surface area (Å²) in [5.74, 6) is 1.96. The molecule has 4 heteroatoms. The Bertz CT molecular complexity index is 951. The molecule has 0 bridgehead atoms. The zero-order valence-electron chi connectivity index (χ0n) is 16.1. The van der Waals surface area contributed by atoms with Crippen molar-refractivity contribution in [1.82, 2.24) is 9.38 Å². The molecule has 0 amide bonds. The van der Waals surface area contributed by atoms with Gasteiger partial charge in [0, 0.05) is 17.8 Å². The third kappa shape index (κ3) is 3.85. The van der Waals surface area contributed by atoms with E-state index >= 15 is 0 Å². The largest absolute Gasteiger partial charge is 0.496 e. The van der Waals surface area contributed by atoms with Gasteiger partial charge in [-0.3, -0.25) is 4.40 Å². The number of rotatable bonds is 5. The van der Waals surface area contributed by atoms with Gasteiger partial charge in [0.2, 0.25) is 0 Å². The molecule has 0 unspecified atom stereocenters. The van der Waals surface area contributed by atoms with Crippen LogP contribution in [0.25, 0.3) is 17.8 Å². The molecule has 0 saturated heterocycles. The summed E-state index contributed by atoms with van der Waals surface area (Å²) in [5.41, 5.74) is 4.22. The van der Waals surface area contributed by atoms with E-state index < -0.39 is 0 Å². The Morgan fingerprint density at radius 2 is 1.93 bits per heavy atom. The van der Waals surface area contributed by atoms with E-state index in [0.717, 1.165) is 28.5 Å². The third-order valence-corrected chi connectivity index (χ3v) is 5.31. The Hall–Kier alpha value is -2.75. The second kappa shape index (κ2) is 7.87. The zero-order chi connectivity index (χ0) is 18.6. The molecule has 1 N–H and O–H groups in total. The number of pyridine rings is 1. The van der Waals surface area contributed by atoms with Crippen LogP contribution >= 0.6 is 0 Å². The number of fused-ring (bicyclic) bond motifs is 1. The molecule has 27 heavy (non-hydrogen) atoms. The minimum absolute atomic E-state index is 0.526. The first-order valence-electron chi connectivity index (χ1n) is 9.81. The average molecular weight is 361 g/mol. The fraction of sp³-hybridized carbons (Fsp3) is 0.348. The Morgan fingerprint density at radius 3 is 2.74 bits per heavy atom. The number of imidazole rings is 1. The number of nitrogens with zero attached hydrogens (tertiary/aromatic N) is 2. The third-order valence-electron chi connectivity index (χ3n) is 5.31. The quantitative estimate of drug-likeness (QED) is 0.646. The number of benzene rings is 1. The molecule has 2 heterocycles. The number of hydrogen-bond donors (Lipinski definition) is 1. The van der Waals surface area contributed by atoms with Gasteiger partial charge in [0.05, 0.1) is 7.11 Å². The Balaban J connectivity index is 1.72. The van der Waals surface area contributed by atoms with Crippen molar-refractivity contribution < 1.29 is 4.74 Å². The van der Waals surface area contributed by atoms with Gasteiger partial charge in [-0.1, -0.05) is 37.5 Å². The highest BCUT2D eigenvalue weighted by Crippen LogP contribution is 2.27. The van der Waals surface area contributed by atoms with Crippen LogP contribution in [-0.2, 0) is 0 Å². The maximum atomic E-state index is 5.47. The molecular formula is C23H27N3O. The van der Waals surface area contributed by atoms with Crippen LogP contribution in [0.4, 0.5) is 5.82 Å². The lowest BCUT2D eigenvalue weighted by Crippen LogP contribution is -2.23. The normalized spacial score (nSPS) is 15.5. The summed E-state index contributed by atoms with van der Waals surface area (Å²) >= 11 is 0. The molecule has 1 aliphatic rings. The van der Waals surface area contributed by atoms with Gasteiger partial charge in [-0.05, 0) is 55.7 Å². The number of aromatic nitrogens is 2. The summed E-state index contributed by atoms with van der Waals surface area (Å²) in [6.07, 6.45) is 12.7. The number of ether oxygens (including phenoxy) is 1. The smallest absolute Gasteiger partial charge is 0.139 e. The lowest BCUT2D eigenvalue weighted by Gasteiger charge is -2.23. The van der Waals surface area contributed by atoms with Gasteiger partial charge in [0.15, 0.2) is 0 Å². The van der Waals surface area contributed by atoms with Crippen LogP contribution in [0.1, 0.15) is 48.9 Å². The molecule has 0 atom stereocenters. The fourth-order valence-electron chi connectivity index (χ4n) is 3.84. The Labute approximate surface area is 160 Å². The summed E-state index contributed by atoms with van der Waals surface area (Å²) in [6.45, 7) is 2.10. The molecule has 0 spiro atoms. The number of methoxy groups -OCH3 is 1. The highest BCUT2D eigenvalue weighted by Gasteiger charge is 2.17. The Morgan fingerprint density at radius 1 is 1.11 bits per heavy atom. The van der Waals surface area contributed by atoms with Crippen molar-refractivity contribution in [3.8, 4) is 5.75 Å². The van der Waals surface area contributed by atoms with Gasteiger partial charge in [-0.25, -0.2) is 4.98 Å². The van der Waals surface area contributed by atoms with Gasteiger partial charge in [-0.15, -0.1) is 0 Å². The standard InChI is InChI=1S/C23H27N3O/c1-17-14-15-26-22(16-17)25-20(23(26)24-19-9-4-3-5-10-19)13-12-18-8-6-7-11-21(18)27-2/h6-8,11-16,19,24H,3-5,9-10H2,1-2H3. The van der Waals surface area contributed by atoms with E-state index in [1.165, 1.54) is 37.7 Å². The van der Waals surface area contributed by atoms with Crippen LogP contribution in [0, 0.1) is 6.92 Å². The SMILES string of the molecule is COc1ccccc1C=Cc1nc2cc(C)ccn2c1NC1CCCCC1. The molecule has 1 saturated carbocycles. The molecule has 0 radical (unpaired) electrons. The van der Waals surface area contributed by atoms with Gasteiger partial charge in [0.25, 0.3) is 0 Å². The molecule has 140 valence electrons. The molecular weight excluding hydrogens is 334 g/mol. The van der Waals surface area contributed by atoms with Crippen molar-refractivity contribution in [3.63, 3.8) is 0 Å². The highest BCUT2D eigenvalue weighted by molar-refractivity contribution is 5.77. The van der Waals surface area contributed by atoms with E-state index in [1.807, 2.05) is 18.2 Å². The second-order valence-corrected chi connectivity index (χ2v) is 7.33. The van der Waals surface area contributed by atoms with Gasteiger partial charge in [0.1, 0.15) is 22.9 Å². The van der Waals surface area contributed by atoms with E-state index in [4.69, 9.17) is 9.72 Å². The molecule has 1 fully saturated rings. The van der Waals surface area contributed by atoms with Crippen LogP contribution in [-0.4, -0.2) is 22.5 Å². The lowest BCUT2D eigenvalue weighted by atomic mass is 9.95. The average Bonchev–Trinajstić information content (AvgIpc) is 3.03. The summed E-state index contributed by atoms with van der Waals surface area (Å²) in [4.78, 5) is 4.88. The number of nitrogens with one attached hydrogen (secondary N) is 1. The molecule has 0 aliphatic heterocycles. The fourth-order valence-corrected chi connectivity index (χ4v) is 3.84. The maximum absolute atomic E-state index is 5.47.